The largest absolute Gasteiger partial charge is 0.465 e. The molecule has 3 atom stereocenters. The summed E-state index contributed by atoms with van der Waals surface area (Å²) in [6.07, 6.45) is 5.45. The summed E-state index contributed by atoms with van der Waals surface area (Å²) in [4.78, 5) is 14.4. The summed E-state index contributed by atoms with van der Waals surface area (Å²) in [5, 5.41) is 0. The van der Waals surface area contributed by atoms with E-state index >= 15 is 0 Å². The van der Waals surface area contributed by atoms with Gasteiger partial charge in [-0.15, -0.1) is 0 Å². The fourth-order valence-electron chi connectivity index (χ4n) is 3.19. The Balaban J connectivity index is 1.78. The number of nitrogens with zero attached hydrogens (tertiary/aromatic N) is 1. The van der Waals surface area contributed by atoms with Gasteiger partial charge in [-0.25, -0.2) is 0 Å². The summed E-state index contributed by atoms with van der Waals surface area (Å²) in [5.41, 5.74) is 1.25. The first-order valence-corrected chi connectivity index (χ1v) is 6.94. The third kappa shape index (κ3) is 2.30. The lowest BCUT2D eigenvalue weighted by molar-refractivity contribution is -0.150. The van der Waals surface area contributed by atoms with Gasteiger partial charge in [0.15, 0.2) is 0 Å². The van der Waals surface area contributed by atoms with E-state index in [1.54, 1.807) is 0 Å². The van der Waals surface area contributed by atoms with Crippen molar-refractivity contribution in [3.05, 3.63) is 48.0 Å². The number of ether oxygens (including phenoxy) is 1. The first-order valence-electron chi connectivity index (χ1n) is 6.94. The lowest BCUT2D eigenvalue weighted by Gasteiger charge is -2.30. The molecule has 3 rings (SSSR count). The average molecular weight is 257 g/mol. The van der Waals surface area contributed by atoms with E-state index in [1.807, 2.05) is 25.1 Å². The molecule has 19 heavy (non-hydrogen) atoms. The van der Waals surface area contributed by atoms with Crippen LogP contribution < -0.4 is 0 Å². The van der Waals surface area contributed by atoms with Crippen molar-refractivity contribution in [3.63, 3.8) is 0 Å². The second-order valence-corrected chi connectivity index (χ2v) is 5.21. The van der Waals surface area contributed by atoms with Crippen LogP contribution in [-0.2, 0) is 16.1 Å². The second-order valence-electron chi connectivity index (χ2n) is 5.21. The smallest absolute Gasteiger partial charge is 0.323 e. The quantitative estimate of drug-likeness (QED) is 0.612. The molecule has 1 heterocycles. The summed E-state index contributed by atoms with van der Waals surface area (Å²) < 4.78 is 5.23. The first-order chi connectivity index (χ1) is 9.29. The van der Waals surface area contributed by atoms with Crippen molar-refractivity contribution in [3.8, 4) is 0 Å². The molecule has 1 aromatic carbocycles. The predicted octanol–water partition coefficient (Wildman–Crippen LogP) is 2.38. The van der Waals surface area contributed by atoms with Gasteiger partial charge < -0.3 is 4.74 Å². The summed E-state index contributed by atoms with van der Waals surface area (Å²) in [5.74, 6) is 0.253. The molecule has 0 radical (unpaired) electrons. The lowest BCUT2D eigenvalue weighted by Crippen LogP contribution is -2.44. The molecule has 1 aliphatic carbocycles. The number of rotatable bonds is 4. The van der Waals surface area contributed by atoms with Crippen LogP contribution in [0.15, 0.2) is 42.5 Å². The number of benzene rings is 1. The van der Waals surface area contributed by atoms with Gasteiger partial charge in [-0.2, -0.15) is 0 Å². The highest BCUT2D eigenvalue weighted by Crippen LogP contribution is 2.38. The Labute approximate surface area is 113 Å². The van der Waals surface area contributed by atoms with Crippen LogP contribution >= 0.6 is 0 Å². The van der Waals surface area contributed by atoms with E-state index in [4.69, 9.17) is 4.74 Å². The molecule has 2 bridgehead atoms. The predicted molar refractivity (Wildman–Crippen MR) is 73.4 cm³/mol. The number of esters is 1. The minimum absolute atomic E-state index is 0.0738. The maximum absolute atomic E-state index is 12.1. The van der Waals surface area contributed by atoms with Gasteiger partial charge in [-0.3, -0.25) is 9.69 Å². The molecule has 0 N–H and O–H groups in total. The average Bonchev–Trinajstić information content (AvgIpc) is 3.01. The molecule has 0 unspecified atom stereocenters. The van der Waals surface area contributed by atoms with Crippen LogP contribution in [-0.4, -0.2) is 29.6 Å². The minimum atomic E-state index is -0.102. The molecule has 2 aliphatic rings. The molecule has 1 aromatic rings. The Morgan fingerprint density at radius 2 is 2.11 bits per heavy atom. The van der Waals surface area contributed by atoms with E-state index in [0.29, 0.717) is 18.6 Å². The lowest BCUT2D eigenvalue weighted by atomic mass is 10.0. The Kier molecular flexibility index (Phi) is 3.38. The fourth-order valence-corrected chi connectivity index (χ4v) is 3.19. The zero-order chi connectivity index (χ0) is 13.2. The topological polar surface area (TPSA) is 29.5 Å². The maximum Gasteiger partial charge on any atom is 0.323 e. The van der Waals surface area contributed by atoms with E-state index in [0.717, 1.165) is 13.0 Å². The Morgan fingerprint density at radius 1 is 1.32 bits per heavy atom. The van der Waals surface area contributed by atoms with Crippen molar-refractivity contribution in [1.29, 1.82) is 0 Å². The standard InChI is InChI=1S/C16H19NO2/c1-2-19-16(18)15-13-8-9-14(10-13)17(15)11-12-6-4-3-5-7-12/h3-9,13-15H,2,10-11H2,1H3/t13-,14+,15-/m1/s1. The van der Waals surface area contributed by atoms with Gasteiger partial charge in [0.05, 0.1) is 6.61 Å². The van der Waals surface area contributed by atoms with Crippen LogP contribution in [0.25, 0.3) is 0 Å². The molecule has 0 aromatic heterocycles. The minimum Gasteiger partial charge on any atom is -0.465 e. The van der Waals surface area contributed by atoms with Crippen LogP contribution in [0.4, 0.5) is 0 Å². The fraction of sp³-hybridized carbons (Fsp3) is 0.438. The third-order valence-corrected chi connectivity index (χ3v) is 4.02. The molecule has 0 spiro atoms. The number of carbonyl (C=O) groups excluding carboxylic acids is 1. The Hall–Kier alpha value is -1.61. The van der Waals surface area contributed by atoms with Crippen molar-refractivity contribution in [1.82, 2.24) is 4.90 Å². The van der Waals surface area contributed by atoms with Crippen molar-refractivity contribution >= 4 is 5.97 Å². The highest BCUT2D eigenvalue weighted by Gasteiger charge is 2.46. The van der Waals surface area contributed by atoms with Crippen LogP contribution in [0, 0.1) is 5.92 Å². The molecule has 3 nitrogen and oxygen atoms in total. The van der Waals surface area contributed by atoms with Gasteiger partial charge >= 0.3 is 5.97 Å². The van der Waals surface area contributed by atoms with Crippen molar-refractivity contribution in [2.24, 2.45) is 5.92 Å². The van der Waals surface area contributed by atoms with Crippen LogP contribution in [0.1, 0.15) is 18.9 Å². The van der Waals surface area contributed by atoms with E-state index in [2.05, 4.69) is 29.2 Å². The van der Waals surface area contributed by atoms with Crippen LogP contribution in [0.2, 0.25) is 0 Å². The molecule has 1 saturated heterocycles. The Morgan fingerprint density at radius 3 is 2.84 bits per heavy atom. The molecule has 3 heteroatoms. The van der Waals surface area contributed by atoms with Gasteiger partial charge in [0.2, 0.25) is 0 Å². The monoisotopic (exact) mass is 257 g/mol. The summed E-state index contributed by atoms with van der Waals surface area (Å²) in [6, 6.07) is 10.6. The van der Waals surface area contributed by atoms with E-state index in [1.165, 1.54) is 5.56 Å². The molecule has 1 fully saturated rings. The molecule has 1 aliphatic heterocycles. The van der Waals surface area contributed by atoms with E-state index in [9.17, 15) is 4.79 Å². The van der Waals surface area contributed by atoms with Gasteiger partial charge in [-0.1, -0.05) is 42.5 Å². The van der Waals surface area contributed by atoms with Gasteiger partial charge in [0.25, 0.3) is 0 Å². The van der Waals surface area contributed by atoms with Crippen molar-refractivity contribution in [2.75, 3.05) is 6.61 Å². The molecule has 0 amide bonds. The zero-order valence-corrected chi connectivity index (χ0v) is 11.2. The SMILES string of the molecule is CCOC(=O)[C@H]1[C@@H]2C=C[C@@H](C2)N1Cc1ccccc1. The van der Waals surface area contributed by atoms with Crippen molar-refractivity contribution < 1.29 is 9.53 Å². The number of fused-ring (bicyclic) bond motifs is 2. The molecule has 0 saturated carbocycles. The molecule has 100 valence electrons. The summed E-state index contributed by atoms with van der Waals surface area (Å²) in [6.45, 7) is 3.13. The first kappa shape index (κ1) is 12.4. The third-order valence-electron chi connectivity index (χ3n) is 4.02. The van der Waals surface area contributed by atoms with Crippen LogP contribution in [0.3, 0.4) is 0 Å². The maximum atomic E-state index is 12.1. The second kappa shape index (κ2) is 5.17. The Bertz CT molecular complexity index is 483. The number of hydrogen-bond acceptors (Lipinski definition) is 3. The molecular formula is C16H19NO2. The van der Waals surface area contributed by atoms with Gasteiger partial charge in [-0.05, 0) is 18.9 Å². The number of hydrogen-bond donors (Lipinski definition) is 0. The number of carbonyl (C=O) groups is 1. The summed E-state index contributed by atoms with van der Waals surface area (Å²) in [7, 11) is 0. The van der Waals surface area contributed by atoms with Gasteiger partial charge in [0.1, 0.15) is 6.04 Å². The highest BCUT2D eigenvalue weighted by atomic mass is 16.5. The normalized spacial score (nSPS) is 28.8. The zero-order valence-electron chi connectivity index (χ0n) is 11.2. The number of likely N-dealkylation sites (tertiary alicyclic amines) is 1. The van der Waals surface area contributed by atoms with E-state index < -0.39 is 0 Å². The van der Waals surface area contributed by atoms with Gasteiger partial charge in [0, 0.05) is 18.5 Å². The van der Waals surface area contributed by atoms with E-state index in [-0.39, 0.29) is 12.0 Å². The van der Waals surface area contributed by atoms with Crippen molar-refractivity contribution in [2.45, 2.75) is 32.0 Å². The van der Waals surface area contributed by atoms with Crippen LogP contribution in [0.5, 0.6) is 0 Å². The summed E-state index contributed by atoms with van der Waals surface area (Å²) >= 11 is 0. The molecular weight excluding hydrogens is 238 g/mol. The highest BCUT2D eigenvalue weighted by molar-refractivity contribution is 5.77.